The molecule has 0 aromatic rings. The van der Waals surface area contributed by atoms with Crippen LogP contribution in [0.2, 0.25) is 0 Å². The third kappa shape index (κ3) is 6.04. The van der Waals surface area contributed by atoms with E-state index in [9.17, 15) is 9.90 Å². The highest BCUT2D eigenvalue weighted by molar-refractivity contribution is 7.99. The van der Waals surface area contributed by atoms with Crippen molar-refractivity contribution in [2.45, 2.75) is 83.1 Å². The minimum absolute atomic E-state index is 0.197. The summed E-state index contributed by atoms with van der Waals surface area (Å²) in [6.07, 6.45) is 7.10. The fourth-order valence-corrected chi connectivity index (χ4v) is 4.53. The van der Waals surface area contributed by atoms with Crippen molar-refractivity contribution in [3.63, 3.8) is 0 Å². The monoisotopic (exact) mass is 301 g/mol. The van der Waals surface area contributed by atoms with E-state index in [0.717, 1.165) is 23.3 Å². The average molecular weight is 301 g/mol. The molecule has 0 saturated heterocycles. The van der Waals surface area contributed by atoms with Gasteiger partial charge in [-0.2, -0.15) is 11.8 Å². The maximum atomic E-state index is 11.4. The van der Waals surface area contributed by atoms with Gasteiger partial charge in [0, 0.05) is 11.3 Å². The van der Waals surface area contributed by atoms with Gasteiger partial charge in [0.1, 0.15) is 5.54 Å². The SMILES string of the molecule is CC1CCCC(SCCCC(C)(NC(C)C)C(=O)O)C1. The Bertz CT molecular complexity index is 309. The number of thioether (sulfide) groups is 1. The zero-order valence-corrected chi connectivity index (χ0v) is 14.3. The third-order valence-electron chi connectivity index (χ3n) is 4.14. The second kappa shape index (κ2) is 8.28. The van der Waals surface area contributed by atoms with E-state index >= 15 is 0 Å². The molecule has 3 unspecified atom stereocenters. The zero-order chi connectivity index (χ0) is 15.2. The standard InChI is InChI=1S/C16H31NO2S/c1-12(2)17-16(4,15(18)19)9-6-10-20-14-8-5-7-13(3)11-14/h12-14,17H,5-11H2,1-4H3,(H,18,19). The summed E-state index contributed by atoms with van der Waals surface area (Å²) in [6.45, 7) is 8.15. The predicted octanol–water partition coefficient (Wildman–Crippen LogP) is 3.92. The number of carboxylic acid groups (broad SMARTS) is 1. The van der Waals surface area contributed by atoms with E-state index < -0.39 is 11.5 Å². The second-order valence-corrected chi connectivity index (χ2v) is 8.21. The van der Waals surface area contributed by atoms with Crippen LogP contribution in [0, 0.1) is 5.92 Å². The smallest absolute Gasteiger partial charge is 0.323 e. The first kappa shape index (κ1) is 17.8. The Morgan fingerprint density at radius 2 is 2.15 bits per heavy atom. The summed E-state index contributed by atoms with van der Waals surface area (Å²) in [5, 5.41) is 13.4. The largest absolute Gasteiger partial charge is 0.480 e. The highest BCUT2D eigenvalue weighted by atomic mass is 32.2. The summed E-state index contributed by atoms with van der Waals surface area (Å²) in [5.41, 5.74) is -0.783. The van der Waals surface area contributed by atoms with Crippen molar-refractivity contribution in [2.24, 2.45) is 5.92 Å². The topological polar surface area (TPSA) is 49.3 Å². The lowest BCUT2D eigenvalue weighted by Crippen LogP contribution is -2.52. The van der Waals surface area contributed by atoms with Crippen molar-refractivity contribution in [1.29, 1.82) is 0 Å². The molecule has 3 nitrogen and oxygen atoms in total. The summed E-state index contributed by atoms with van der Waals surface area (Å²) in [6, 6.07) is 0.197. The van der Waals surface area contributed by atoms with E-state index in [0.29, 0.717) is 6.42 Å². The van der Waals surface area contributed by atoms with Crippen LogP contribution in [0.25, 0.3) is 0 Å². The first-order valence-electron chi connectivity index (χ1n) is 7.96. The lowest BCUT2D eigenvalue weighted by atomic mass is 9.91. The number of hydrogen-bond donors (Lipinski definition) is 2. The number of aliphatic carboxylic acids is 1. The van der Waals surface area contributed by atoms with Crippen LogP contribution >= 0.6 is 11.8 Å². The van der Waals surface area contributed by atoms with E-state index in [-0.39, 0.29) is 6.04 Å². The molecule has 3 atom stereocenters. The minimum Gasteiger partial charge on any atom is -0.480 e. The number of carboxylic acids is 1. The van der Waals surface area contributed by atoms with Crippen LogP contribution in [0.5, 0.6) is 0 Å². The Morgan fingerprint density at radius 3 is 2.70 bits per heavy atom. The van der Waals surface area contributed by atoms with Crippen molar-refractivity contribution >= 4 is 17.7 Å². The van der Waals surface area contributed by atoms with Gasteiger partial charge in [0.2, 0.25) is 0 Å². The molecular weight excluding hydrogens is 270 g/mol. The Balaban J connectivity index is 2.28. The Kier molecular flexibility index (Phi) is 7.38. The molecule has 0 bridgehead atoms. The van der Waals surface area contributed by atoms with Crippen molar-refractivity contribution in [3.05, 3.63) is 0 Å². The fraction of sp³-hybridized carbons (Fsp3) is 0.938. The van der Waals surface area contributed by atoms with Gasteiger partial charge in [0.05, 0.1) is 0 Å². The summed E-state index contributed by atoms with van der Waals surface area (Å²) in [5.74, 6) is 1.22. The molecule has 0 aliphatic heterocycles. The molecule has 1 aliphatic rings. The molecule has 0 amide bonds. The van der Waals surface area contributed by atoms with Gasteiger partial charge < -0.3 is 5.11 Å². The molecule has 4 heteroatoms. The van der Waals surface area contributed by atoms with Crippen LogP contribution < -0.4 is 5.32 Å². The van der Waals surface area contributed by atoms with Crippen molar-refractivity contribution in [3.8, 4) is 0 Å². The second-order valence-electron chi connectivity index (χ2n) is 6.80. The van der Waals surface area contributed by atoms with Crippen molar-refractivity contribution < 1.29 is 9.90 Å². The predicted molar refractivity (Wildman–Crippen MR) is 87.4 cm³/mol. The zero-order valence-electron chi connectivity index (χ0n) is 13.4. The first-order chi connectivity index (χ1) is 9.33. The van der Waals surface area contributed by atoms with Gasteiger partial charge in [-0.25, -0.2) is 0 Å². The average Bonchev–Trinajstić information content (AvgIpc) is 2.34. The summed E-state index contributed by atoms with van der Waals surface area (Å²) < 4.78 is 0. The molecule has 20 heavy (non-hydrogen) atoms. The van der Waals surface area contributed by atoms with Crippen LogP contribution in [-0.4, -0.2) is 33.7 Å². The molecule has 0 aromatic carbocycles. The van der Waals surface area contributed by atoms with Gasteiger partial charge in [-0.15, -0.1) is 0 Å². The molecule has 0 aromatic heterocycles. The van der Waals surface area contributed by atoms with Crippen molar-refractivity contribution in [2.75, 3.05) is 5.75 Å². The number of carbonyl (C=O) groups is 1. The molecule has 0 heterocycles. The normalized spacial score (nSPS) is 26.4. The van der Waals surface area contributed by atoms with Crippen LogP contribution in [0.3, 0.4) is 0 Å². The highest BCUT2D eigenvalue weighted by Gasteiger charge is 2.32. The minimum atomic E-state index is -0.783. The lowest BCUT2D eigenvalue weighted by molar-refractivity contribution is -0.144. The van der Waals surface area contributed by atoms with E-state index in [1.54, 1.807) is 0 Å². The highest BCUT2D eigenvalue weighted by Crippen LogP contribution is 2.32. The van der Waals surface area contributed by atoms with Crippen LogP contribution in [0.1, 0.15) is 66.2 Å². The molecule has 0 radical (unpaired) electrons. The lowest BCUT2D eigenvalue weighted by Gasteiger charge is -2.29. The molecule has 0 spiro atoms. The van der Waals surface area contributed by atoms with Gasteiger partial charge in [-0.3, -0.25) is 10.1 Å². The summed E-state index contributed by atoms with van der Waals surface area (Å²) in [4.78, 5) is 11.4. The van der Waals surface area contributed by atoms with Gasteiger partial charge >= 0.3 is 5.97 Å². The maximum absolute atomic E-state index is 11.4. The van der Waals surface area contributed by atoms with Crippen LogP contribution in [0.4, 0.5) is 0 Å². The number of hydrogen-bond acceptors (Lipinski definition) is 3. The molecule has 1 aliphatic carbocycles. The van der Waals surface area contributed by atoms with E-state index in [1.807, 2.05) is 20.8 Å². The summed E-state index contributed by atoms with van der Waals surface area (Å²) >= 11 is 2.05. The Morgan fingerprint density at radius 1 is 1.45 bits per heavy atom. The Hall–Kier alpha value is -0.220. The van der Waals surface area contributed by atoms with Gasteiger partial charge in [-0.1, -0.05) is 19.8 Å². The van der Waals surface area contributed by atoms with E-state index in [4.69, 9.17) is 0 Å². The molecule has 1 fully saturated rings. The number of nitrogens with one attached hydrogen (secondary N) is 1. The van der Waals surface area contributed by atoms with Gasteiger partial charge in [-0.05, 0) is 58.1 Å². The maximum Gasteiger partial charge on any atom is 0.323 e. The Labute approximate surface area is 128 Å². The number of rotatable bonds is 8. The van der Waals surface area contributed by atoms with Crippen molar-refractivity contribution in [1.82, 2.24) is 5.32 Å². The van der Waals surface area contributed by atoms with Gasteiger partial charge in [0.15, 0.2) is 0 Å². The molecule has 1 saturated carbocycles. The summed E-state index contributed by atoms with van der Waals surface area (Å²) in [7, 11) is 0. The fourth-order valence-electron chi connectivity index (χ4n) is 3.08. The van der Waals surface area contributed by atoms with E-state index in [2.05, 4.69) is 24.0 Å². The van der Waals surface area contributed by atoms with Crippen LogP contribution in [0.15, 0.2) is 0 Å². The molecule has 1 rings (SSSR count). The quantitative estimate of drug-likeness (QED) is 0.667. The van der Waals surface area contributed by atoms with E-state index in [1.165, 1.54) is 25.7 Å². The molecule has 118 valence electrons. The molecule has 2 N–H and O–H groups in total. The van der Waals surface area contributed by atoms with Gasteiger partial charge in [0.25, 0.3) is 0 Å². The first-order valence-corrected chi connectivity index (χ1v) is 9.01. The third-order valence-corrected chi connectivity index (χ3v) is 5.57. The molecular formula is C16H31NO2S. The van der Waals surface area contributed by atoms with Crippen LogP contribution in [-0.2, 0) is 4.79 Å².